The number of Topliss-reactive ketones (excluding diaryl/α,β-unsaturated/α-hetero) is 1. The monoisotopic (exact) mass is 558 g/mol. The van der Waals surface area contributed by atoms with Crippen LogP contribution >= 0.6 is 0 Å². The fourth-order valence-electron chi connectivity index (χ4n) is 6.08. The van der Waals surface area contributed by atoms with Crippen LogP contribution in [0.25, 0.3) is 11.3 Å². The molecule has 1 aliphatic heterocycles. The molecule has 3 aromatic rings. The number of rotatable bonds is 7. The van der Waals surface area contributed by atoms with Crippen LogP contribution in [0.2, 0.25) is 0 Å². The summed E-state index contributed by atoms with van der Waals surface area (Å²) in [5.74, 6) is -0.810. The van der Waals surface area contributed by atoms with Gasteiger partial charge in [-0.2, -0.15) is 0 Å². The van der Waals surface area contributed by atoms with Crippen LogP contribution in [0.5, 0.6) is 0 Å². The number of carbonyl (C=O) groups is 3. The lowest BCUT2D eigenvalue weighted by Crippen LogP contribution is -2.46. The van der Waals surface area contributed by atoms with Crippen molar-refractivity contribution in [3.63, 3.8) is 0 Å². The number of nitrogens with zero attached hydrogens (tertiary/aromatic N) is 3. The van der Waals surface area contributed by atoms with E-state index in [0.29, 0.717) is 59.6 Å². The molecular formula is C31H35FN6O3. The smallest absolute Gasteiger partial charge is 0.231 e. The van der Waals surface area contributed by atoms with Crippen molar-refractivity contribution < 1.29 is 18.8 Å². The average molecular weight is 559 g/mol. The van der Waals surface area contributed by atoms with E-state index < -0.39 is 23.4 Å². The van der Waals surface area contributed by atoms with Gasteiger partial charge in [0.1, 0.15) is 12.0 Å². The predicted octanol–water partition coefficient (Wildman–Crippen LogP) is 4.41. The first-order chi connectivity index (χ1) is 19.6. The molecule has 1 saturated carbocycles. The molecular weight excluding hydrogens is 523 g/mol. The molecule has 4 atom stereocenters. The zero-order valence-corrected chi connectivity index (χ0v) is 23.5. The molecule has 3 aliphatic rings. The number of benzene rings is 1. The molecule has 0 spiro atoms. The second-order valence-corrected chi connectivity index (χ2v) is 12.0. The third-order valence-electron chi connectivity index (χ3n) is 8.56. The largest absolute Gasteiger partial charge is 0.356 e. The number of aromatic amines is 1. The van der Waals surface area contributed by atoms with Crippen molar-refractivity contribution in [2.45, 2.75) is 44.8 Å². The van der Waals surface area contributed by atoms with Crippen molar-refractivity contribution in [3.8, 4) is 11.3 Å². The van der Waals surface area contributed by atoms with E-state index in [-0.39, 0.29) is 24.5 Å². The summed E-state index contributed by atoms with van der Waals surface area (Å²) >= 11 is 0. The molecule has 41 heavy (non-hydrogen) atoms. The van der Waals surface area contributed by atoms with Gasteiger partial charge in [-0.3, -0.25) is 14.4 Å². The van der Waals surface area contributed by atoms with Gasteiger partial charge in [-0.1, -0.05) is 18.2 Å². The Hall–Kier alpha value is -4.05. The van der Waals surface area contributed by atoms with Crippen LogP contribution in [-0.2, 0) is 16.0 Å². The lowest BCUT2D eigenvalue weighted by Gasteiger charge is -2.35. The Morgan fingerprint density at radius 2 is 1.93 bits per heavy atom. The SMILES string of the molecule is CN(C)[C@@H]1CCN(C(=O)[C@]2(C)CC(=O)c3c([nH]c(-c4ccnc(NC(=O)[C@@H]5C[C@@H]5F)c4)c3Nc3ccccc3)C2)C1. The number of alkyl halides is 1. The van der Waals surface area contributed by atoms with Gasteiger partial charge < -0.3 is 25.4 Å². The lowest BCUT2D eigenvalue weighted by atomic mass is 9.73. The Morgan fingerprint density at radius 3 is 2.61 bits per heavy atom. The predicted molar refractivity (Wildman–Crippen MR) is 155 cm³/mol. The molecule has 2 aromatic heterocycles. The van der Waals surface area contributed by atoms with Crippen LogP contribution in [-0.4, -0.2) is 76.8 Å². The van der Waals surface area contributed by atoms with E-state index in [0.717, 1.165) is 12.1 Å². The molecule has 1 saturated heterocycles. The van der Waals surface area contributed by atoms with Gasteiger partial charge in [0.2, 0.25) is 11.8 Å². The third kappa shape index (κ3) is 5.24. The van der Waals surface area contributed by atoms with Gasteiger partial charge in [-0.05, 0) is 58.1 Å². The Kier molecular flexibility index (Phi) is 6.89. The summed E-state index contributed by atoms with van der Waals surface area (Å²) in [5, 5.41) is 6.13. The minimum Gasteiger partial charge on any atom is -0.356 e. The highest BCUT2D eigenvalue weighted by Gasteiger charge is 2.47. The molecule has 9 nitrogen and oxygen atoms in total. The topological polar surface area (TPSA) is 110 Å². The molecule has 0 unspecified atom stereocenters. The number of pyridine rings is 1. The van der Waals surface area contributed by atoms with E-state index in [9.17, 15) is 18.8 Å². The number of para-hydroxylation sites is 1. The summed E-state index contributed by atoms with van der Waals surface area (Å²) in [5.41, 5.74) is 3.17. The third-order valence-corrected chi connectivity index (χ3v) is 8.56. The van der Waals surface area contributed by atoms with Gasteiger partial charge >= 0.3 is 0 Å². The Bertz CT molecular complexity index is 1500. The summed E-state index contributed by atoms with van der Waals surface area (Å²) in [6.45, 7) is 3.24. The number of fused-ring (bicyclic) bond motifs is 1. The van der Waals surface area contributed by atoms with E-state index in [2.05, 4.69) is 25.5 Å². The number of carbonyl (C=O) groups excluding carboxylic acids is 3. The Labute approximate surface area is 238 Å². The Balaban J connectivity index is 1.35. The number of hydrogen-bond acceptors (Lipinski definition) is 6. The number of likely N-dealkylation sites (tertiary alicyclic amines) is 1. The fourth-order valence-corrected chi connectivity index (χ4v) is 6.08. The molecule has 2 amide bonds. The maximum absolute atomic E-state index is 13.8. The molecule has 1 aromatic carbocycles. The lowest BCUT2D eigenvalue weighted by molar-refractivity contribution is -0.140. The summed E-state index contributed by atoms with van der Waals surface area (Å²) in [4.78, 5) is 51.7. The second-order valence-electron chi connectivity index (χ2n) is 12.0. The molecule has 6 rings (SSSR count). The van der Waals surface area contributed by atoms with Gasteiger partial charge in [-0.25, -0.2) is 9.37 Å². The minimum atomic E-state index is -1.10. The number of ketones is 1. The van der Waals surface area contributed by atoms with Gasteiger partial charge in [0.15, 0.2) is 5.78 Å². The van der Waals surface area contributed by atoms with E-state index in [1.807, 2.05) is 56.3 Å². The number of likely N-dealkylation sites (N-methyl/N-ethyl adjacent to an activating group) is 1. The van der Waals surface area contributed by atoms with E-state index >= 15 is 0 Å². The van der Waals surface area contributed by atoms with Gasteiger partial charge in [0.25, 0.3) is 0 Å². The van der Waals surface area contributed by atoms with Crippen molar-refractivity contribution in [3.05, 3.63) is 59.9 Å². The number of hydrogen-bond donors (Lipinski definition) is 3. The highest BCUT2D eigenvalue weighted by atomic mass is 19.1. The number of anilines is 3. The number of nitrogens with one attached hydrogen (secondary N) is 3. The van der Waals surface area contributed by atoms with E-state index in [1.165, 1.54) is 0 Å². The van der Waals surface area contributed by atoms with Crippen molar-refractivity contribution in [1.82, 2.24) is 19.8 Å². The number of amides is 2. The maximum atomic E-state index is 13.8. The quantitative estimate of drug-likeness (QED) is 0.396. The summed E-state index contributed by atoms with van der Waals surface area (Å²) in [6.07, 6.45) is 2.12. The zero-order valence-electron chi connectivity index (χ0n) is 23.5. The molecule has 214 valence electrons. The van der Waals surface area contributed by atoms with Crippen molar-refractivity contribution in [2.24, 2.45) is 11.3 Å². The minimum absolute atomic E-state index is 0.00900. The first-order valence-electron chi connectivity index (χ1n) is 14.1. The second kappa shape index (κ2) is 10.4. The number of H-pyrrole nitrogens is 1. The molecule has 2 fully saturated rings. The van der Waals surface area contributed by atoms with Crippen LogP contribution in [0.3, 0.4) is 0 Å². The Morgan fingerprint density at radius 1 is 1.17 bits per heavy atom. The summed E-state index contributed by atoms with van der Waals surface area (Å²) < 4.78 is 13.4. The number of halogens is 1. The number of aromatic nitrogens is 2. The van der Waals surface area contributed by atoms with Crippen molar-refractivity contribution in [1.29, 1.82) is 0 Å². The van der Waals surface area contributed by atoms with Crippen LogP contribution < -0.4 is 10.6 Å². The van der Waals surface area contributed by atoms with Crippen molar-refractivity contribution in [2.75, 3.05) is 37.8 Å². The molecule has 0 radical (unpaired) electrons. The summed E-state index contributed by atoms with van der Waals surface area (Å²) in [7, 11) is 4.05. The molecule has 10 heteroatoms. The normalized spacial score (nSPS) is 25.2. The van der Waals surface area contributed by atoms with E-state index in [1.54, 1.807) is 18.3 Å². The summed E-state index contributed by atoms with van der Waals surface area (Å²) in [6, 6.07) is 13.4. The fraction of sp³-hybridized carbons (Fsp3) is 0.419. The molecule has 3 N–H and O–H groups in total. The van der Waals surface area contributed by atoms with Crippen LogP contribution in [0.4, 0.5) is 21.6 Å². The standard InChI is InChI=1S/C31H35FN6O3/c1-31(30(41)38-12-10-20(17-38)37(2)3)15-23-26(24(39)16-31)28(34-19-7-5-4-6-8-19)27(35-23)18-9-11-33-25(13-18)36-29(40)21-14-22(21)32/h4-9,11,13,20-22,34-35H,10,12,14-17H2,1-3H3,(H,33,36,40)/t20-,21-,22+,31+/m1/s1. The van der Waals surface area contributed by atoms with Crippen molar-refractivity contribution >= 4 is 34.8 Å². The maximum Gasteiger partial charge on any atom is 0.231 e. The highest BCUT2D eigenvalue weighted by Crippen LogP contribution is 2.45. The van der Waals surface area contributed by atoms with E-state index in [4.69, 9.17) is 0 Å². The zero-order chi connectivity index (χ0) is 28.9. The molecule has 2 aliphatic carbocycles. The van der Waals surface area contributed by atoms with Gasteiger partial charge in [0, 0.05) is 55.1 Å². The molecule has 0 bridgehead atoms. The van der Waals surface area contributed by atoms with Gasteiger partial charge in [-0.15, -0.1) is 0 Å². The first-order valence-corrected chi connectivity index (χ1v) is 14.1. The van der Waals surface area contributed by atoms with Gasteiger partial charge in [0.05, 0.1) is 28.3 Å². The van der Waals surface area contributed by atoms with Crippen LogP contribution in [0.1, 0.15) is 42.2 Å². The highest BCUT2D eigenvalue weighted by molar-refractivity contribution is 6.10. The molecule has 3 heterocycles. The average Bonchev–Trinajstić information content (AvgIpc) is 3.31. The first kappa shape index (κ1) is 27.1. The van der Waals surface area contributed by atoms with Crippen LogP contribution in [0.15, 0.2) is 48.7 Å². The van der Waals surface area contributed by atoms with Crippen LogP contribution in [0, 0.1) is 11.3 Å².